The van der Waals surface area contributed by atoms with Crippen LogP contribution in [0.1, 0.15) is 13.3 Å². The Morgan fingerprint density at radius 1 is 1.19 bits per heavy atom. The highest BCUT2D eigenvalue weighted by molar-refractivity contribution is 7.92. The molecule has 1 aromatic heterocycles. The molecule has 0 saturated heterocycles. The quantitative estimate of drug-likeness (QED) is 0.670. The van der Waals surface area contributed by atoms with E-state index in [0.29, 0.717) is 16.0 Å². The predicted octanol–water partition coefficient (Wildman–Crippen LogP) is 3.15. The maximum atomic E-state index is 13.5. The molecular formula is C18H17FN2O3S2. The van der Waals surface area contributed by atoms with E-state index in [1.165, 1.54) is 35.6 Å². The van der Waals surface area contributed by atoms with Gasteiger partial charge in [-0.1, -0.05) is 36.5 Å². The molecule has 0 N–H and O–H groups in total. The summed E-state index contributed by atoms with van der Waals surface area (Å²) in [5, 5.41) is 0. The normalized spacial score (nSPS) is 12.6. The minimum atomic E-state index is -3.75. The predicted molar refractivity (Wildman–Crippen MR) is 99.1 cm³/mol. The summed E-state index contributed by atoms with van der Waals surface area (Å²) < 4.78 is 40.6. The minimum Gasteiger partial charge on any atom is -0.316 e. The number of aryl methyl sites for hydroxylation is 1. The molecule has 0 spiro atoms. The van der Waals surface area contributed by atoms with Gasteiger partial charge in [0, 0.05) is 6.54 Å². The van der Waals surface area contributed by atoms with Gasteiger partial charge in [0.05, 0.1) is 15.1 Å². The fraction of sp³-hybridized carbons (Fsp3) is 0.222. The van der Waals surface area contributed by atoms with Crippen molar-refractivity contribution in [3.63, 3.8) is 0 Å². The highest BCUT2D eigenvalue weighted by Gasteiger charge is 2.19. The molecule has 0 aliphatic rings. The summed E-state index contributed by atoms with van der Waals surface area (Å²) >= 11 is 1.17. The number of rotatable bonds is 5. The van der Waals surface area contributed by atoms with E-state index in [4.69, 9.17) is 0 Å². The largest absolute Gasteiger partial charge is 0.316 e. The van der Waals surface area contributed by atoms with Gasteiger partial charge in [-0.25, -0.2) is 12.8 Å². The topological polar surface area (TPSA) is 68.5 Å². The van der Waals surface area contributed by atoms with Crippen LogP contribution in [0.5, 0.6) is 0 Å². The van der Waals surface area contributed by atoms with Gasteiger partial charge in [-0.3, -0.25) is 4.79 Å². The van der Waals surface area contributed by atoms with E-state index in [2.05, 4.69) is 4.99 Å². The third-order valence-electron chi connectivity index (χ3n) is 3.73. The smallest absolute Gasteiger partial charge is 0.263 e. The third-order valence-corrected chi connectivity index (χ3v) is 6.39. The second-order valence-electron chi connectivity index (χ2n) is 5.73. The van der Waals surface area contributed by atoms with Gasteiger partial charge in [0.1, 0.15) is 11.6 Å². The van der Waals surface area contributed by atoms with E-state index in [1.807, 2.05) is 11.5 Å². The lowest BCUT2D eigenvalue weighted by Crippen LogP contribution is -2.21. The number of nitrogens with zero attached hydrogens (tertiary/aromatic N) is 2. The molecule has 5 nitrogen and oxygen atoms in total. The number of thiazole rings is 1. The molecule has 2 aromatic carbocycles. The SMILES string of the molecule is CCCn1c(=NC(=O)CS(=O)(=O)c2ccccc2)sc2cc(F)ccc21. The molecule has 3 rings (SSSR count). The van der Waals surface area contributed by atoms with Crippen LogP contribution in [-0.4, -0.2) is 24.6 Å². The fourth-order valence-corrected chi connectivity index (χ4v) is 4.81. The molecule has 1 amide bonds. The van der Waals surface area contributed by atoms with Crippen LogP contribution >= 0.6 is 11.3 Å². The average Bonchev–Trinajstić information content (AvgIpc) is 2.92. The number of halogens is 1. The number of sulfone groups is 1. The molecule has 1 heterocycles. The number of amides is 1. The number of hydrogen-bond acceptors (Lipinski definition) is 4. The Morgan fingerprint density at radius 3 is 2.62 bits per heavy atom. The first kappa shape index (κ1) is 18.5. The van der Waals surface area contributed by atoms with Crippen LogP contribution < -0.4 is 4.80 Å². The molecule has 0 aliphatic carbocycles. The lowest BCUT2D eigenvalue weighted by Gasteiger charge is -2.03. The molecule has 0 atom stereocenters. The summed E-state index contributed by atoms with van der Waals surface area (Å²) in [6.45, 7) is 2.58. The Bertz CT molecular complexity index is 1120. The maximum absolute atomic E-state index is 13.5. The first-order chi connectivity index (χ1) is 12.4. The van der Waals surface area contributed by atoms with Crippen molar-refractivity contribution in [3.8, 4) is 0 Å². The van der Waals surface area contributed by atoms with Gasteiger partial charge in [0.25, 0.3) is 5.91 Å². The fourth-order valence-electron chi connectivity index (χ4n) is 2.58. The lowest BCUT2D eigenvalue weighted by atomic mass is 10.3. The van der Waals surface area contributed by atoms with Crippen molar-refractivity contribution in [3.05, 3.63) is 59.1 Å². The minimum absolute atomic E-state index is 0.0865. The molecule has 26 heavy (non-hydrogen) atoms. The Balaban J connectivity index is 1.99. The number of aromatic nitrogens is 1. The number of carbonyl (C=O) groups is 1. The van der Waals surface area contributed by atoms with Gasteiger partial charge in [-0.15, -0.1) is 0 Å². The number of hydrogen-bond donors (Lipinski definition) is 0. The Hall–Kier alpha value is -2.32. The molecule has 0 bridgehead atoms. The van der Waals surface area contributed by atoms with Crippen LogP contribution in [0.15, 0.2) is 58.4 Å². The van der Waals surface area contributed by atoms with Crippen LogP contribution in [0.2, 0.25) is 0 Å². The third kappa shape index (κ3) is 3.91. The van der Waals surface area contributed by atoms with Crippen LogP contribution in [0.25, 0.3) is 10.2 Å². The first-order valence-corrected chi connectivity index (χ1v) is 10.5. The number of carbonyl (C=O) groups excluding carboxylic acids is 1. The zero-order chi connectivity index (χ0) is 18.7. The molecule has 0 unspecified atom stereocenters. The van der Waals surface area contributed by atoms with Crippen LogP contribution in [-0.2, 0) is 21.2 Å². The Labute approximate surface area is 154 Å². The van der Waals surface area contributed by atoms with Gasteiger partial charge in [-0.05, 0) is 36.8 Å². The average molecular weight is 392 g/mol. The van der Waals surface area contributed by atoms with Gasteiger partial charge in [0.15, 0.2) is 14.6 Å². The highest BCUT2D eigenvalue weighted by atomic mass is 32.2. The van der Waals surface area contributed by atoms with Gasteiger partial charge in [0.2, 0.25) is 0 Å². The van der Waals surface area contributed by atoms with Crippen molar-refractivity contribution < 1.29 is 17.6 Å². The number of benzene rings is 2. The van der Waals surface area contributed by atoms with Crippen molar-refractivity contribution in [1.29, 1.82) is 0 Å². The van der Waals surface area contributed by atoms with Gasteiger partial charge >= 0.3 is 0 Å². The number of fused-ring (bicyclic) bond motifs is 1. The zero-order valence-corrected chi connectivity index (χ0v) is 15.7. The van der Waals surface area contributed by atoms with Crippen molar-refractivity contribution in [2.24, 2.45) is 4.99 Å². The summed E-state index contributed by atoms with van der Waals surface area (Å²) in [6, 6.07) is 12.2. The van der Waals surface area contributed by atoms with Gasteiger partial charge < -0.3 is 4.57 Å². The van der Waals surface area contributed by atoms with Crippen molar-refractivity contribution in [2.45, 2.75) is 24.8 Å². The van der Waals surface area contributed by atoms with E-state index < -0.39 is 21.5 Å². The first-order valence-electron chi connectivity index (χ1n) is 8.05. The molecule has 0 aliphatic heterocycles. The summed E-state index contributed by atoms with van der Waals surface area (Å²) in [7, 11) is -3.75. The Morgan fingerprint density at radius 2 is 1.92 bits per heavy atom. The summed E-state index contributed by atoms with van der Waals surface area (Å²) in [5.74, 6) is -1.82. The molecule has 0 saturated carbocycles. The van der Waals surface area contributed by atoms with E-state index in [1.54, 1.807) is 24.3 Å². The van der Waals surface area contributed by atoms with E-state index in [-0.39, 0.29) is 10.7 Å². The lowest BCUT2D eigenvalue weighted by molar-refractivity contribution is -0.115. The molecule has 8 heteroatoms. The van der Waals surface area contributed by atoms with E-state index in [0.717, 1.165) is 11.9 Å². The summed E-state index contributed by atoms with van der Waals surface area (Å²) in [6.07, 6.45) is 0.799. The van der Waals surface area contributed by atoms with Crippen molar-refractivity contribution in [2.75, 3.05) is 5.75 Å². The summed E-state index contributed by atoms with van der Waals surface area (Å²) in [4.78, 5) is 16.7. The molecule has 0 radical (unpaired) electrons. The van der Waals surface area contributed by atoms with E-state index in [9.17, 15) is 17.6 Å². The van der Waals surface area contributed by atoms with Crippen molar-refractivity contribution in [1.82, 2.24) is 4.57 Å². The Kier molecular flexibility index (Phi) is 5.33. The molecule has 3 aromatic rings. The highest BCUT2D eigenvalue weighted by Crippen LogP contribution is 2.19. The van der Waals surface area contributed by atoms with Gasteiger partial charge in [-0.2, -0.15) is 4.99 Å². The second kappa shape index (κ2) is 7.51. The van der Waals surface area contributed by atoms with E-state index >= 15 is 0 Å². The molecular weight excluding hydrogens is 375 g/mol. The second-order valence-corrected chi connectivity index (χ2v) is 8.72. The monoisotopic (exact) mass is 392 g/mol. The van der Waals surface area contributed by atoms with Crippen LogP contribution in [0, 0.1) is 5.82 Å². The zero-order valence-electron chi connectivity index (χ0n) is 14.1. The molecule has 0 fully saturated rings. The van der Waals surface area contributed by atoms with Crippen molar-refractivity contribution >= 4 is 37.3 Å². The standard InChI is InChI=1S/C18H17FN2O3S2/c1-2-10-21-15-9-8-13(19)11-16(15)25-18(21)20-17(22)12-26(23,24)14-6-4-3-5-7-14/h3-9,11H,2,10,12H2,1H3. The maximum Gasteiger partial charge on any atom is 0.263 e. The molecule has 136 valence electrons. The van der Waals surface area contributed by atoms with Crippen LogP contribution in [0.4, 0.5) is 4.39 Å². The van der Waals surface area contributed by atoms with Crippen LogP contribution in [0.3, 0.4) is 0 Å². The summed E-state index contributed by atoms with van der Waals surface area (Å²) in [5.41, 5.74) is 0.774.